The zero-order valence-electron chi connectivity index (χ0n) is 16.9. The van der Waals surface area contributed by atoms with Gasteiger partial charge in [-0.1, -0.05) is 29.8 Å². The highest BCUT2D eigenvalue weighted by Gasteiger charge is 2.19. The standard InChI is InChI=1S/C22H19ClFN3O4S/c1-27(14-21(28)25-17-6-4-5-16(24)13-17)22(29)15-9-11-18(12-10-15)32(30,31)26-20-8-3-2-7-19(20)23/h2-13,26H,14H2,1H3,(H,25,28). The lowest BCUT2D eigenvalue weighted by Gasteiger charge is -2.17. The number of sulfonamides is 1. The third-order valence-corrected chi connectivity index (χ3v) is 6.08. The number of nitrogens with zero attached hydrogens (tertiary/aromatic N) is 1. The van der Waals surface area contributed by atoms with Crippen LogP contribution in [0.4, 0.5) is 15.8 Å². The molecule has 0 atom stereocenters. The summed E-state index contributed by atoms with van der Waals surface area (Å²) >= 11 is 5.99. The molecule has 0 unspecified atom stereocenters. The van der Waals surface area contributed by atoms with Crippen LogP contribution >= 0.6 is 11.6 Å². The second-order valence-corrected chi connectivity index (χ2v) is 8.92. The number of amides is 2. The van der Waals surface area contributed by atoms with E-state index in [-0.39, 0.29) is 33.4 Å². The van der Waals surface area contributed by atoms with Crippen molar-refractivity contribution in [2.24, 2.45) is 0 Å². The Labute approximate surface area is 189 Å². The number of anilines is 2. The van der Waals surface area contributed by atoms with Gasteiger partial charge in [0, 0.05) is 18.3 Å². The van der Waals surface area contributed by atoms with Gasteiger partial charge in [-0.25, -0.2) is 12.8 Å². The molecule has 3 aromatic carbocycles. The number of nitrogens with one attached hydrogen (secondary N) is 2. The number of rotatable bonds is 7. The molecule has 0 fully saturated rings. The Kier molecular flexibility index (Phi) is 7.12. The van der Waals surface area contributed by atoms with E-state index in [9.17, 15) is 22.4 Å². The smallest absolute Gasteiger partial charge is 0.261 e. The molecule has 166 valence electrons. The molecule has 0 spiro atoms. The normalized spacial score (nSPS) is 11.0. The first-order valence-electron chi connectivity index (χ1n) is 9.34. The second-order valence-electron chi connectivity index (χ2n) is 6.83. The second kappa shape index (κ2) is 9.80. The minimum atomic E-state index is -3.91. The van der Waals surface area contributed by atoms with Crippen LogP contribution in [0.25, 0.3) is 0 Å². The summed E-state index contributed by atoms with van der Waals surface area (Å²) < 4.78 is 40.7. The average molecular weight is 476 g/mol. The van der Waals surface area contributed by atoms with Gasteiger partial charge in [-0.15, -0.1) is 0 Å². The molecule has 7 nitrogen and oxygen atoms in total. The van der Waals surface area contributed by atoms with E-state index in [0.717, 1.165) is 6.07 Å². The van der Waals surface area contributed by atoms with E-state index >= 15 is 0 Å². The molecule has 2 N–H and O–H groups in total. The quantitative estimate of drug-likeness (QED) is 0.540. The van der Waals surface area contributed by atoms with Crippen molar-refractivity contribution in [2.45, 2.75) is 4.90 Å². The Bertz CT molecular complexity index is 1250. The molecule has 0 bridgehead atoms. The molecule has 2 amide bonds. The highest BCUT2D eigenvalue weighted by molar-refractivity contribution is 7.92. The zero-order chi connectivity index (χ0) is 23.3. The molecule has 0 saturated carbocycles. The van der Waals surface area contributed by atoms with Crippen LogP contribution in [0.15, 0.2) is 77.7 Å². The fourth-order valence-electron chi connectivity index (χ4n) is 2.80. The molecule has 3 aromatic rings. The van der Waals surface area contributed by atoms with Gasteiger partial charge in [0.1, 0.15) is 5.82 Å². The van der Waals surface area contributed by atoms with E-state index < -0.39 is 27.7 Å². The topological polar surface area (TPSA) is 95.6 Å². The minimum absolute atomic E-state index is 0.0551. The molecular weight excluding hydrogens is 457 g/mol. The van der Waals surface area contributed by atoms with Gasteiger partial charge in [0.2, 0.25) is 5.91 Å². The van der Waals surface area contributed by atoms with Crippen molar-refractivity contribution in [1.82, 2.24) is 4.90 Å². The SMILES string of the molecule is CN(CC(=O)Nc1cccc(F)c1)C(=O)c1ccc(S(=O)(=O)Nc2ccccc2Cl)cc1. The van der Waals surface area contributed by atoms with Crippen LogP contribution in [-0.2, 0) is 14.8 Å². The Morgan fingerprint density at radius 1 is 1.00 bits per heavy atom. The van der Waals surface area contributed by atoms with Crippen molar-refractivity contribution in [3.63, 3.8) is 0 Å². The largest absolute Gasteiger partial charge is 0.332 e. The first-order valence-corrected chi connectivity index (χ1v) is 11.2. The van der Waals surface area contributed by atoms with Crippen molar-refractivity contribution in [3.8, 4) is 0 Å². The summed E-state index contributed by atoms with van der Waals surface area (Å²) in [6, 6.07) is 17.1. The van der Waals surface area contributed by atoms with Crippen LogP contribution in [0.5, 0.6) is 0 Å². The van der Waals surface area contributed by atoms with Crippen molar-refractivity contribution < 1.29 is 22.4 Å². The molecule has 0 heterocycles. The molecule has 0 aliphatic heterocycles. The van der Waals surface area contributed by atoms with Gasteiger partial charge in [-0.05, 0) is 54.6 Å². The number of carbonyl (C=O) groups is 2. The average Bonchev–Trinajstić information content (AvgIpc) is 2.74. The van der Waals surface area contributed by atoms with Gasteiger partial charge in [0.15, 0.2) is 0 Å². The number of para-hydroxylation sites is 1. The van der Waals surface area contributed by atoms with Crippen LogP contribution < -0.4 is 10.0 Å². The first-order chi connectivity index (χ1) is 15.2. The minimum Gasteiger partial charge on any atom is -0.332 e. The maximum Gasteiger partial charge on any atom is 0.261 e. The number of benzene rings is 3. The van der Waals surface area contributed by atoms with E-state index in [4.69, 9.17) is 11.6 Å². The Morgan fingerprint density at radius 3 is 2.34 bits per heavy atom. The van der Waals surface area contributed by atoms with Gasteiger partial charge < -0.3 is 10.2 Å². The molecule has 3 rings (SSSR count). The van der Waals surface area contributed by atoms with Crippen molar-refractivity contribution in [3.05, 3.63) is 89.2 Å². The maximum absolute atomic E-state index is 13.2. The maximum atomic E-state index is 13.2. The number of hydrogen-bond donors (Lipinski definition) is 2. The predicted molar refractivity (Wildman–Crippen MR) is 121 cm³/mol. The van der Waals surface area contributed by atoms with Crippen molar-refractivity contribution >= 4 is 44.8 Å². The molecule has 0 aliphatic rings. The van der Waals surface area contributed by atoms with Crippen LogP contribution in [0, 0.1) is 5.82 Å². The van der Waals surface area contributed by atoms with Gasteiger partial charge in [0.05, 0.1) is 22.2 Å². The summed E-state index contributed by atoms with van der Waals surface area (Å²) in [6.07, 6.45) is 0. The number of likely N-dealkylation sites (N-methyl/N-ethyl adjacent to an activating group) is 1. The van der Waals surface area contributed by atoms with Gasteiger partial charge in [0.25, 0.3) is 15.9 Å². The van der Waals surface area contributed by atoms with E-state index in [1.54, 1.807) is 18.2 Å². The monoisotopic (exact) mass is 475 g/mol. The number of hydrogen-bond acceptors (Lipinski definition) is 4. The predicted octanol–water partition coefficient (Wildman–Crippen LogP) is 3.99. The molecule has 0 saturated heterocycles. The summed E-state index contributed by atoms with van der Waals surface area (Å²) in [7, 11) is -2.48. The fourth-order valence-corrected chi connectivity index (χ4v) is 4.12. The van der Waals surface area contributed by atoms with Crippen LogP contribution in [0.1, 0.15) is 10.4 Å². The summed E-state index contributed by atoms with van der Waals surface area (Å²) in [4.78, 5) is 25.8. The van der Waals surface area contributed by atoms with Gasteiger partial charge >= 0.3 is 0 Å². The van der Waals surface area contributed by atoms with Crippen molar-refractivity contribution in [2.75, 3.05) is 23.6 Å². The van der Waals surface area contributed by atoms with E-state index in [2.05, 4.69) is 10.0 Å². The first kappa shape index (κ1) is 23.2. The summed E-state index contributed by atoms with van der Waals surface area (Å²) in [5.74, 6) is -1.48. The third kappa shape index (κ3) is 5.83. The van der Waals surface area contributed by atoms with Gasteiger partial charge in [-0.3, -0.25) is 14.3 Å². The van der Waals surface area contributed by atoms with Crippen LogP contribution in [0.2, 0.25) is 5.02 Å². The summed E-state index contributed by atoms with van der Waals surface area (Å²) in [6.45, 7) is -0.274. The lowest BCUT2D eigenvalue weighted by Crippen LogP contribution is -2.35. The molecule has 0 radical (unpaired) electrons. The molecule has 32 heavy (non-hydrogen) atoms. The summed E-state index contributed by atoms with van der Waals surface area (Å²) in [5.41, 5.74) is 0.706. The molecule has 0 aromatic heterocycles. The fraction of sp³-hybridized carbons (Fsp3) is 0.0909. The lowest BCUT2D eigenvalue weighted by atomic mass is 10.2. The summed E-state index contributed by atoms with van der Waals surface area (Å²) in [5, 5.41) is 2.76. The number of carbonyl (C=O) groups excluding carboxylic acids is 2. The van der Waals surface area contributed by atoms with E-state index in [1.807, 2.05) is 0 Å². The third-order valence-electron chi connectivity index (χ3n) is 4.37. The molecular formula is C22H19ClFN3O4S. The highest BCUT2D eigenvalue weighted by atomic mass is 35.5. The highest BCUT2D eigenvalue weighted by Crippen LogP contribution is 2.24. The molecule has 0 aliphatic carbocycles. The van der Waals surface area contributed by atoms with Crippen LogP contribution in [0.3, 0.4) is 0 Å². The lowest BCUT2D eigenvalue weighted by molar-refractivity contribution is -0.116. The Hall–Kier alpha value is -3.43. The van der Waals surface area contributed by atoms with Crippen molar-refractivity contribution in [1.29, 1.82) is 0 Å². The van der Waals surface area contributed by atoms with E-state index in [1.165, 1.54) is 60.5 Å². The number of halogens is 2. The Morgan fingerprint density at radius 2 is 1.69 bits per heavy atom. The molecule has 10 heteroatoms. The Balaban J connectivity index is 1.65. The van der Waals surface area contributed by atoms with E-state index in [0.29, 0.717) is 0 Å². The van der Waals surface area contributed by atoms with Gasteiger partial charge in [-0.2, -0.15) is 0 Å². The van der Waals surface area contributed by atoms with Crippen LogP contribution in [-0.4, -0.2) is 38.7 Å². The zero-order valence-corrected chi connectivity index (χ0v) is 18.5.